The lowest BCUT2D eigenvalue weighted by Crippen LogP contribution is -2.10. The summed E-state index contributed by atoms with van der Waals surface area (Å²) in [6.45, 7) is 0. The van der Waals surface area contributed by atoms with Crippen LogP contribution in [0.15, 0.2) is 209 Å². The molecule has 0 aliphatic rings. The van der Waals surface area contributed by atoms with E-state index in [-0.39, 0.29) is 0 Å². The first-order chi connectivity index (χ1) is 27.3. The molecule has 0 N–H and O–H groups in total. The first kappa shape index (κ1) is 31.2. The zero-order chi connectivity index (χ0) is 36.3. The van der Waals surface area contributed by atoms with Crippen LogP contribution in [0, 0.1) is 0 Å². The van der Waals surface area contributed by atoms with Gasteiger partial charge in [-0.15, -0.1) is 0 Å². The van der Waals surface area contributed by atoms with Crippen LogP contribution in [-0.2, 0) is 0 Å². The second-order valence-corrected chi connectivity index (χ2v) is 14.1. The number of hydrogen-bond acceptors (Lipinski definition) is 3. The zero-order valence-corrected chi connectivity index (χ0v) is 29.8. The molecule has 9 aromatic carbocycles. The molecule has 0 saturated heterocycles. The monoisotopic (exact) mass is 703 g/mol. The maximum absolute atomic E-state index is 6.82. The molecule has 0 aliphatic heterocycles. The largest absolute Gasteiger partial charge is 0.456 e. The summed E-state index contributed by atoms with van der Waals surface area (Å²) in [6.07, 6.45) is 0. The van der Waals surface area contributed by atoms with Crippen LogP contribution >= 0.6 is 0 Å². The van der Waals surface area contributed by atoms with E-state index in [4.69, 9.17) is 8.83 Å². The number of rotatable bonds is 6. The predicted molar refractivity (Wildman–Crippen MR) is 229 cm³/mol. The average Bonchev–Trinajstić information content (AvgIpc) is 3.83. The Morgan fingerprint density at radius 1 is 0.327 bits per heavy atom. The molecule has 0 atom stereocenters. The fraction of sp³-hybridized carbons (Fsp3) is 0. The molecule has 2 aromatic heterocycles. The van der Waals surface area contributed by atoms with E-state index in [0.29, 0.717) is 0 Å². The Labute approximate surface area is 317 Å². The highest BCUT2D eigenvalue weighted by Gasteiger charge is 2.22. The maximum atomic E-state index is 6.82. The van der Waals surface area contributed by atoms with Crippen LogP contribution in [0.1, 0.15) is 0 Å². The SMILES string of the molecule is c1ccc(-c2ccc(N(c3ccc(-c4ccc5oc6ccccc6c5c4)cc3)c3ccc(-c4cccc5ccccc45)cc3)c3oc4ccccc4c23)cc1. The van der Waals surface area contributed by atoms with Crippen molar-refractivity contribution in [2.24, 2.45) is 0 Å². The van der Waals surface area contributed by atoms with Gasteiger partial charge in [0.2, 0.25) is 0 Å². The highest BCUT2D eigenvalue weighted by molar-refractivity contribution is 6.17. The van der Waals surface area contributed by atoms with Crippen LogP contribution < -0.4 is 4.90 Å². The second-order valence-electron chi connectivity index (χ2n) is 14.1. The van der Waals surface area contributed by atoms with E-state index in [0.717, 1.165) is 83.2 Å². The summed E-state index contributed by atoms with van der Waals surface area (Å²) < 4.78 is 12.9. The van der Waals surface area contributed by atoms with Gasteiger partial charge in [-0.3, -0.25) is 0 Å². The molecule has 0 unspecified atom stereocenters. The van der Waals surface area contributed by atoms with E-state index in [2.05, 4.69) is 187 Å². The lowest BCUT2D eigenvalue weighted by atomic mass is 9.97. The molecule has 258 valence electrons. The van der Waals surface area contributed by atoms with Gasteiger partial charge in [0.05, 0.1) is 5.69 Å². The van der Waals surface area contributed by atoms with Crippen molar-refractivity contribution in [3.05, 3.63) is 200 Å². The molecular weight excluding hydrogens is 671 g/mol. The molecule has 0 fully saturated rings. The van der Waals surface area contributed by atoms with Crippen LogP contribution in [-0.4, -0.2) is 0 Å². The average molecular weight is 704 g/mol. The van der Waals surface area contributed by atoms with Gasteiger partial charge in [0, 0.05) is 32.9 Å². The molecule has 0 amide bonds. The Bertz CT molecular complexity index is 3180. The van der Waals surface area contributed by atoms with Gasteiger partial charge < -0.3 is 13.7 Å². The van der Waals surface area contributed by atoms with Crippen molar-refractivity contribution in [1.82, 2.24) is 0 Å². The van der Waals surface area contributed by atoms with Crippen molar-refractivity contribution < 1.29 is 8.83 Å². The van der Waals surface area contributed by atoms with E-state index in [1.165, 1.54) is 21.9 Å². The first-order valence-electron chi connectivity index (χ1n) is 18.7. The lowest BCUT2D eigenvalue weighted by Gasteiger charge is -2.26. The van der Waals surface area contributed by atoms with Gasteiger partial charge in [0.25, 0.3) is 0 Å². The molecule has 0 bridgehead atoms. The number of anilines is 3. The first-order valence-corrected chi connectivity index (χ1v) is 18.7. The Hall–Kier alpha value is -7.36. The third-order valence-corrected chi connectivity index (χ3v) is 10.9. The molecule has 0 radical (unpaired) electrons. The highest BCUT2D eigenvalue weighted by Crippen LogP contribution is 2.46. The Kier molecular flexibility index (Phi) is 7.17. The Morgan fingerprint density at radius 2 is 0.909 bits per heavy atom. The predicted octanol–water partition coefficient (Wildman–Crippen LogP) is 15.1. The van der Waals surface area contributed by atoms with Gasteiger partial charge in [0.15, 0.2) is 5.58 Å². The van der Waals surface area contributed by atoms with Crippen LogP contribution in [0.3, 0.4) is 0 Å². The molecule has 3 heteroatoms. The topological polar surface area (TPSA) is 29.5 Å². The molecule has 55 heavy (non-hydrogen) atoms. The number of furan rings is 2. The van der Waals surface area contributed by atoms with Gasteiger partial charge in [0.1, 0.15) is 16.7 Å². The number of nitrogens with zero attached hydrogens (tertiary/aromatic N) is 1. The fourth-order valence-corrected chi connectivity index (χ4v) is 8.25. The second kappa shape index (κ2) is 12.6. The standard InChI is InChI=1S/C52H33NO2/c1-2-11-36(12-3-1)43-30-31-47(52-51(43)45-17-7-9-20-49(45)55-52)53(40-28-23-37(24-29-40)42-18-10-14-35-13-4-5-15-41(35)42)39-26-21-34(22-27-39)38-25-32-50-46(33-38)44-16-6-8-19-48(44)54-50/h1-33H. The minimum absolute atomic E-state index is 0.849. The summed E-state index contributed by atoms with van der Waals surface area (Å²) in [4.78, 5) is 2.32. The van der Waals surface area contributed by atoms with Crippen LogP contribution in [0.25, 0.3) is 88.0 Å². The van der Waals surface area contributed by atoms with Gasteiger partial charge in [-0.05, 0) is 98.8 Å². The fourth-order valence-electron chi connectivity index (χ4n) is 8.25. The number of hydrogen-bond donors (Lipinski definition) is 0. The van der Waals surface area contributed by atoms with Crippen molar-refractivity contribution in [1.29, 1.82) is 0 Å². The quantitative estimate of drug-likeness (QED) is 0.173. The molecular formula is C52H33NO2. The molecule has 11 aromatic rings. The van der Waals surface area contributed by atoms with Crippen LogP contribution in [0.4, 0.5) is 17.1 Å². The van der Waals surface area contributed by atoms with Crippen molar-refractivity contribution in [2.75, 3.05) is 4.90 Å². The van der Waals surface area contributed by atoms with Crippen molar-refractivity contribution >= 4 is 71.7 Å². The van der Waals surface area contributed by atoms with Gasteiger partial charge in [-0.1, -0.05) is 146 Å². The van der Waals surface area contributed by atoms with E-state index in [1.54, 1.807) is 0 Å². The zero-order valence-electron chi connectivity index (χ0n) is 29.8. The summed E-state index contributed by atoms with van der Waals surface area (Å²) in [6, 6.07) is 70.9. The summed E-state index contributed by atoms with van der Waals surface area (Å²) in [5.41, 5.74) is 13.5. The number of benzene rings is 9. The van der Waals surface area contributed by atoms with Gasteiger partial charge >= 0.3 is 0 Å². The molecule has 3 nitrogen and oxygen atoms in total. The van der Waals surface area contributed by atoms with Crippen molar-refractivity contribution in [3.8, 4) is 33.4 Å². The number of para-hydroxylation sites is 2. The molecule has 11 rings (SSSR count). The third-order valence-electron chi connectivity index (χ3n) is 10.9. The smallest absolute Gasteiger partial charge is 0.160 e. The highest BCUT2D eigenvalue weighted by atomic mass is 16.3. The Balaban J connectivity index is 1.08. The van der Waals surface area contributed by atoms with E-state index < -0.39 is 0 Å². The van der Waals surface area contributed by atoms with Gasteiger partial charge in [-0.25, -0.2) is 0 Å². The van der Waals surface area contributed by atoms with E-state index in [9.17, 15) is 0 Å². The number of fused-ring (bicyclic) bond motifs is 7. The van der Waals surface area contributed by atoms with Crippen LogP contribution in [0.5, 0.6) is 0 Å². The van der Waals surface area contributed by atoms with Crippen LogP contribution in [0.2, 0.25) is 0 Å². The Morgan fingerprint density at radius 3 is 1.69 bits per heavy atom. The summed E-state index contributed by atoms with van der Waals surface area (Å²) in [5.74, 6) is 0. The summed E-state index contributed by atoms with van der Waals surface area (Å²) >= 11 is 0. The molecule has 0 spiro atoms. The summed E-state index contributed by atoms with van der Waals surface area (Å²) in [7, 11) is 0. The lowest BCUT2D eigenvalue weighted by molar-refractivity contribution is 0.668. The third kappa shape index (κ3) is 5.20. The van der Waals surface area contributed by atoms with E-state index >= 15 is 0 Å². The summed E-state index contributed by atoms with van der Waals surface area (Å²) in [5, 5.41) is 6.93. The van der Waals surface area contributed by atoms with E-state index in [1.807, 2.05) is 18.2 Å². The molecule has 0 aliphatic carbocycles. The van der Waals surface area contributed by atoms with Crippen molar-refractivity contribution in [2.45, 2.75) is 0 Å². The normalized spacial score (nSPS) is 11.6. The van der Waals surface area contributed by atoms with Crippen molar-refractivity contribution in [3.63, 3.8) is 0 Å². The molecule has 0 saturated carbocycles. The molecule has 2 heterocycles. The maximum Gasteiger partial charge on any atom is 0.160 e. The minimum atomic E-state index is 0.849. The minimum Gasteiger partial charge on any atom is -0.456 e. The van der Waals surface area contributed by atoms with Gasteiger partial charge in [-0.2, -0.15) is 0 Å².